The number of hydrogen-bond donors (Lipinski definition) is 1. The Bertz CT molecular complexity index is 472. The van der Waals surface area contributed by atoms with E-state index in [1.54, 1.807) is 0 Å². The fourth-order valence-electron chi connectivity index (χ4n) is 3.26. The molecule has 2 heterocycles. The molecule has 4 nitrogen and oxygen atoms in total. The molecule has 2 atom stereocenters. The number of sulfone groups is 1. The van der Waals surface area contributed by atoms with Gasteiger partial charge in [-0.3, -0.25) is 0 Å². The lowest BCUT2D eigenvalue weighted by Crippen LogP contribution is -2.47. The molecule has 2 saturated heterocycles. The summed E-state index contributed by atoms with van der Waals surface area (Å²) in [4.78, 5) is 0. The minimum absolute atomic E-state index is 0.157. The van der Waals surface area contributed by atoms with Crippen LogP contribution in [0.4, 0.5) is 0 Å². The van der Waals surface area contributed by atoms with Crippen LogP contribution in [0, 0.1) is 0 Å². The topological polar surface area (TPSA) is 63.6 Å². The van der Waals surface area contributed by atoms with Crippen LogP contribution < -0.4 is 0 Å². The van der Waals surface area contributed by atoms with Gasteiger partial charge in [0.1, 0.15) is 0 Å². The normalized spacial score (nSPS) is 35.9. The maximum Gasteiger partial charge on any atom is 0.191 e. The van der Waals surface area contributed by atoms with Crippen LogP contribution in [-0.4, -0.2) is 44.5 Å². The van der Waals surface area contributed by atoms with E-state index in [1.165, 1.54) is 0 Å². The van der Waals surface area contributed by atoms with Crippen molar-refractivity contribution in [3.05, 3.63) is 0 Å². The van der Waals surface area contributed by atoms with Crippen LogP contribution in [0.5, 0.6) is 0 Å². The highest BCUT2D eigenvalue weighted by Crippen LogP contribution is 2.45. The molecule has 0 aromatic carbocycles. The Kier molecular flexibility index (Phi) is 4.42. The maximum absolute atomic E-state index is 12.1. The van der Waals surface area contributed by atoms with E-state index in [2.05, 4.69) is 33.9 Å². The van der Waals surface area contributed by atoms with Crippen LogP contribution >= 0.6 is 0 Å². The van der Waals surface area contributed by atoms with Gasteiger partial charge in [-0.1, -0.05) is 20.8 Å². The number of rotatable bonds is 4. The van der Waals surface area contributed by atoms with E-state index < -0.39 is 23.8 Å². The summed E-state index contributed by atoms with van der Waals surface area (Å²) in [6.45, 7) is 11.5. The zero-order chi connectivity index (χ0) is 16.1. The highest BCUT2D eigenvalue weighted by Gasteiger charge is 2.52. The zero-order valence-electron chi connectivity index (χ0n) is 14.0. The van der Waals surface area contributed by atoms with Gasteiger partial charge >= 0.3 is 0 Å². The van der Waals surface area contributed by atoms with Crippen LogP contribution in [0.25, 0.3) is 0 Å². The third-order valence-electron chi connectivity index (χ3n) is 5.79. The largest absolute Gasteiger partial charge is 0.417 e. The SMILES string of the molecule is CC(C)(C)[Si](C)(C)OCCC1(O)CC2CCC(C1)S2(=O)=O. The lowest BCUT2D eigenvalue weighted by Gasteiger charge is -2.39. The van der Waals surface area contributed by atoms with Crippen LogP contribution in [0.3, 0.4) is 0 Å². The average Bonchev–Trinajstić information content (AvgIpc) is 2.48. The summed E-state index contributed by atoms with van der Waals surface area (Å²) in [6.07, 6.45) is 2.79. The van der Waals surface area contributed by atoms with Crippen molar-refractivity contribution in [2.75, 3.05) is 6.61 Å². The van der Waals surface area contributed by atoms with Crippen LogP contribution in [0.15, 0.2) is 0 Å². The van der Waals surface area contributed by atoms with Gasteiger partial charge in [0.05, 0.1) is 16.1 Å². The molecule has 124 valence electrons. The van der Waals surface area contributed by atoms with E-state index in [1.807, 2.05) is 0 Å². The van der Waals surface area contributed by atoms with Crippen molar-refractivity contribution in [1.29, 1.82) is 0 Å². The third kappa shape index (κ3) is 3.38. The summed E-state index contributed by atoms with van der Waals surface area (Å²) in [5.74, 6) is 0. The van der Waals surface area contributed by atoms with E-state index in [9.17, 15) is 13.5 Å². The number of hydrogen-bond acceptors (Lipinski definition) is 4. The summed E-state index contributed by atoms with van der Waals surface area (Å²) in [6, 6.07) is 0. The summed E-state index contributed by atoms with van der Waals surface area (Å²) in [7, 11) is -4.77. The Morgan fingerprint density at radius 2 is 1.67 bits per heavy atom. The second-order valence-electron chi connectivity index (χ2n) is 8.40. The van der Waals surface area contributed by atoms with Crippen LogP contribution in [0.2, 0.25) is 18.1 Å². The van der Waals surface area contributed by atoms with E-state index in [-0.39, 0.29) is 15.5 Å². The first kappa shape index (κ1) is 17.4. The first-order valence-corrected chi connectivity index (χ1v) is 12.5. The Morgan fingerprint density at radius 3 is 2.10 bits per heavy atom. The summed E-state index contributed by atoms with van der Waals surface area (Å²) in [5.41, 5.74) is -0.848. The van der Waals surface area contributed by atoms with E-state index in [0.29, 0.717) is 25.9 Å². The number of aliphatic hydroxyl groups is 1. The van der Waals surface area contributed by atoms with Crippen molar-refractivity contribution >= 4 is 18.2 Å². The molecule has 2 aliphatic heterocycles. The molecule has 0 aromatic heterocycles. The van der Waals surface area contributed by atoms with Crippen molar-refractivity contribution in [1.82, 2.24) is 0 Å². The highest BCUT2D eigenvalue weighted by atomic mass is 32.2. The van der Waals surface area contributed by atoms with Crippen LogP contribution in [-0.2, 0) is 14.3 Å². The quantitative estimate of drug-likeness (QED) is 0.803. The van der Waals surface area contributed by atoms with Crippen molar-refractivity contribution in [2.24, 2.45) is 0 Å². The molecule has 0 aromatic rings. The van der Waals surface area contributed by atoms with E-state index in [4.69, 9.17) is 4.43 Å². The first-order chi connectivity index (χ1) is 9.37. The Morgan fingerprint density at radius 1 is 1.19 bits per heavy atom. The maximum atomic E-state index is 12.1. The van der Waals surface area contributed by atoms with Gasteiger partial charge in [0.15, 0.2) is 18.2 Å². The Hall–Kier alpha value is 0.0869. The highest BCUT2D eigenvalue weighted by molar-refractivity contribution is 7.93. The minimum atomic E-state index is -2.97. The second-order valence-corrected chi connectivity index (χ2v) is 15.7. The molecular formula is C15H30O4SSi. The minimum Gasteiger partial charge on any atom is -0.417 e. The monoisotopic (exact) mass is 334 g/mol. The molecule has 1 N–H and O–H groups in total. The Labute approximate surface area is 130 Å². The molecule has 0 aliphatic carbocycles. The predicted molar refractivity (Wildman–Crippen MR) is 87.7 cm³/mol. The van der Waals surface area contributed by atoms with Gasteiger partial charge in [0.25, 0.3) is 0 Å². The zero-order valence-corrected chi connectivity index (χ0v) is 15.8. The van der Waals surface area contributed by atoms with Gasteiger partial charge < -0.3 is 9.53 Å². The molecule has 6 heteroatoms. The third-order valence-corrected chi connectivity index (χ3v) is 13.0. The molecule has 0 amide bonds. The molecule has 2 rings (SSSR count). The molecule has 0 radical (unpaired) electrons. The van der Waals surface area contributed by atoms with Gasteiger partial charge in [-0.05, 0) is 50.2 Å². The molecule has 2 aliphatic rings. The average molecular weight is 335 g/mol. The molecule has 2 fully saturated rings. The lowest BCUT2D eigenvalue weighted by atomic mass is 9.90. The molecule has 0 spiro atoms. The number of fused-ring (bicyclic) bond motifs is 2. The Balaban J connectivity index is 1.93. The smallest absolute Gasteiger partial charge is 0.191 e. The van der Waals surface area contributed by atoms with Gasteiger partial charge in [-0.2, -0.15) is 0 Å². The molecule has 2 bridgehead atoms. The fourth-order valence-corrected chi connectivity index (χ4v) is 6.86. The summed E-state index contributed by atoms with van der Waals surface area (Å²) in [5, 5.41) is 10.3. The van der Waals surface area contributed by atoms with Crippen molar-refractivity contribution < 1.29 is 18.0 Å². The molecule has 2 unspecified atom stereocenters. The lowest BCUT2D eigenvalue weighted by molar-refractivity contribution is 0.000745. The predicted octanol–water partition coefficient (Wildman–Crippen LogP) is 2.87. The fraction of sp³-hybridized carbons (Fsp3) is 1.00. The van der Waals surface area contributed by atoms with Crippen LogP contribution in [0.1, 0.15) is 52.9 Å². The summed E-state index contributed by atoms with van der Waals surface area (Å²) >= 11 is 0. The van der Waals surface area contributed by atoms with E-state index in [0.717, 1.165) is 12.8 Å². The molecular weight excluding hydrogens is 304 g/mol. The van der Waals surface area contributed by atoms with Crippen molar-refractivity contribution in [3.8, 4) is 0 Å². The summed E-state index contributed by atoms with van der Waals surface area (Å²) < 4.78 is 30.3. The molecule has 0 saturated carbocycles. The van der Waals surface area contributed by atoms with Gasteiger partial charge in [0.2, 0.25) is 0 Å². The van der Waals surface area contributed by atoms with Crippen molar-refractivity contribution in [2.45, 2.75) is 87.1 Å². The van der Waals surface area contributed by atoms with E-state index >= 15 is 0 Å². The van der Waals surface area contributed by atoms with Gasteiger partial charge in [-0.25, -0.2) is 8.42 Å². The first-order valence-electron chi connectivity index (χ1n) is 7.96. The van der Waals surface area contributed by atoms with Gasteiger partial charge in [-0.15, -0.1) is 0 Å². The van der Waals surface area contributed by atoms with Crippen molar-refractivity contribution in [3.63, 3.8) is 0 Å². The standard InChI is InChI=1S/C15H30O4SSi/c1-14(2,3)21(4,5)19-9-8-15(16)10-12-6-7-13(11-15)20(12,17)18/h12-13,16H,6-11H2,1-5H3. The molecule has 21 heavy (non-hydrogen) atoms. The second kappa shape index (κ2) is 5.32. The van der Waals surface area contributed by atoms with Gasteiger partial charge in [0, 0.05) is 6.61 Å².